The number of carboxylic acids is 2. The number of carbonyl (C=O) groups is 3. The molecule has 0 aliphatic carbocycles. The molecule has 2 heterocycles. The third kappa shape index (κ3) is 7.11. The number of urea groups is 1. The van der Waals surface area contributed by atoms with Crippen LogP contribution in [0.2, 0.25) is 0 Å². The number of aryl methyl sites for hydroxylation is 1. The van der Waals surface area contributed by atoms with Crippen LogP contribution in [-0.4, -0.2) is 64.3 Å². The van der Waals surface area contributed by atoms with Gasteiger partial charge in [-0.3, -0.25) is 10.1 Å². The summed E-state index contributed by atoms with van der Waals surface area (Å²) in [7, 11) is 0. The molecule has 0 bridgehead atoms. The monoisotopic (exact) mass is 583 g/mol. The lowest BCUT2D eigenvalue weighted by Crippen LogP contribution is -2.42. The number of hydrogen-bond donors (Lipinski definition) is 3. The molecule has 1 saturated heterocycles. The molecule has 3 N–H and O–H groups in total. The van der Waals surface area contributed by atoms with Crippen molar-refractivity contribution in [1.82, 2.24) is 4.90 Å². The molecule has 0 spiro atoms. The standard InChI is InChI=1S/C28H29N3O9S/c1-16-6-7-21(22(12-16)31(37)38)29-28(36)30-10-8-18(9-11-30)14-39-20-5-3-4-19(13-20)25-17(2)24(40-15-23(32)33)26(41-25)27(34)35/h3-7,12-13,18H,8-11,14-15H2,1-2H3,(H,29,36)(H,32,33)(H,34,35). The van der Waals surface area contributed by atoms with Crippen LogP contribution in [0.25, 0.3) is 10.4 Å². The number of nitro groups is 1. The molecule has 1 fully saturated rings. The summed E-state index contributed by atoms with van der Waals surface area (Å²) in [6, 6.07) is 11.5. The zero-order chi connectivity index (χ0) is 29.7. The second kappa shape index (κ2) is 12.7. The first-order valence-electron chi connectivity index (χ1n) is 12.8. The van der Waals surface area contributed by atoms with Crippen molar-refractivity contribution >= 4 is 40.7 Å². The lowest BCUT2D eigenvalue weighted by Gasteiger charge is -2.31. The van der Waals surface area contributed by atoms with Crippen LogP contribution in [0.3, 0.4) is 0 Å². The number of anilines is 1. The molecule has 1 aliphatic heterocycles. The van der Waals surface area contributed by atoms with Crippen LogP contribution in [0.1, 0.15) is 33.6 Å². The van der Waals surface area contributed by atoms with Gasteiger partial charge in [0, 0.05) is 29.6 Å². The molecular formula is C28H29N3O9S. The molecule has 13 heteroatoms. The molecule has 3 aromatic rings. The summed E-state index contributed by atoms with van der Waals surface area (Å²) in [4.78, 5) is 48.4. The first-order valence-corrected chi connectivity index (χ1v) is 13.6. The van der Waals surface area contributed by atoms with Crippen molar-refractivity contribution in [3.05, 3.63) is 68.6 Å². The van der Waals surface area contributed by atoms with Crippen LogP contribution in [0.15, 0.2) is 42.5 Å². The predicted molar refractivity (Wildman–Crippen MR) is 151 cm³/mol. The summed E-state index contributed by atoms with van der Waals surface area (Å²) >= 11 is 1.01. The zero-order valence-corrected chi connectivity index (χ0v) is 23.2. The fourth-order valence-corrected chi connectivity index (χ4v) is 5.65. The number of hydrogen-bond acceptors (Lipinski definition) is 8. The number of nitro benzene ring substituents is 1. The Hall–Kier alpha value is -4.65. The van der Waals surface area contributed by atoms with Crippen molar-refractivity contribution in [2.75, 3.05) is 31.6 Å². The van der Waals surface area contributed by atoms with E-state index in [0.29, 0.717) is 48.7 Å². The van der Waals surface area contributed by atoms with E-state index in [1.54, 1.807) is 43.0 Å². The molecule has 4 rings (SSSR count). The Morgan fingerprint density at radius 3 is 2.49 bits per heavy atom. The number of ether oxygens (including phenoxy) is 2. The van der Waals surface area contributed by atoms with Gasteiger partial charge in [-0.15, -0.1) is 11.3 Å². The van der Waals surface area contributed by atoms with Crippen molar-refractivity contribution < 1.29 is 39.0 Å². The number of nitrogens with zero attached hydrogens (tertiary/aromatic N) is 2. The SMILES string of the molecule is Cc1ccc(NC(=O)N2CCC(COc3cccc(-c4sc(C(=O)O)c(OCC(=O)O)c4C)c3)CC2)c([N+](=O)[O-])c1. The number of aromatic carboxylic acids is 1. The number of amides is 2. The van der Waals surface area contributed by atoms with Crippen molar-refractivity contribution in [2.45, 2.75) is 26.7 Å². The van der Waals surface area contributed by atoms with Crippen molar-refractivity contribution in [3.63, 3.8) is 0 Å². The first kappa shape index (κ1) is 29.3. The number of carboxylic acid groups (broad SMARTS) is 2. The first-order chi connectivity index (χ1) is 19.5. The van der Waals surface area contributed by atoms with Gasteiger partial charge < -0.3 is 29.9 Å². The number of aliphatic carboxylic acids is 1. The second-order valence-electron chi connectivity index (χ2n) is 9.68. The second-order valence-corrected chi connectivity index (χ2v) is 10.7. The summed E-state index contributed by atoms with van der Waals surface area (Å²) in [5.41, 5.74) is 1.99. The van der Waals surface area contributed by atoms with E-state index in [1.807, 2.05) is 6.07 Å². The van der Waals surface area contributed by atoms with Crippen LogP contribution in [0.5, 0.6) is 11.5 Å². The van der Waals surface area contributed by atoms with Gasteiger partial charge in [0.05, 0.1) is 11.5 Å². The number of nitrogens with one attached hydrogen (secondary N) is 1. The maximum Gasteiger partial charge on any atom is 0.349 e. The highest BCUT2D eigenvalue weighted by Crippen LogP contribution is 2.42. The van der Waals surface area contributed by atoms with Crippen LogP contribution in [0.4, 0.5) is 16.2 Å². The van der Waals surface area contributed by atoms with Crippen LogP contribution >= 0.6 is 11.3 Å². The molecule has 216 valence electrons. The molecule has 0 radical (unpaired) electrons. The number of likely N-dealkylation sites (tertiary alicyclic amines) is 1. The predicted octanol–water partition coefficient (Wildman–Crippen LogP) is 5.42. The Kier molecular flexibility index (Phi) is 9.07. The van der Waals surface area contributed by atoms with Gasteiger partial charge in [0.15, 0.2) is 11.5 Å². The van der Waals surface area contributed by atoms with Crippen LogP contribution < -0.4 is 14.8 Å². The van der Waals surface area contributed by atoms with Gasteiger partial charge in [-0.1, -0.05) is 18.2 Å². The van der Waals surface area contributed by atoms with Crippen molar-refractivity contribution in [2.24, 2.45) is 5.92 Å². The zero-order valence-electron chi connectivity index (χ0n) is 22.4. The van der Waals surface area contributed by atoms with E-state index in [2.05, 4.69) is 5.32 Å². The van der Waals surface area contributed by atoms with Gasteiger partial charge in [-0.2, -0.15) is 0 Å². The fourth-order valence-electron chi connectivity index (χ4n) is 4.56. The molecule has 41 heavy (non-hydrogen) atoms. The van der Waals surface area contributed by atoms with Crippen LogP contribution in [0, 0.1) is 29.9 Å². The highest BCUT2D eigenvalue weighted by molar-refractivity contribution is 7.18. The molecule has 2 aromatic carbocycles. The normalized spacial score (nSPS) is 13.5. The highest BCUT2D eigenvalue weighted by Gasteiger charge is 2.26. The average Bonchev–Trinajstić information content (AvgIpc) is 3.28. The quantitative estimate of drug-likeness (QED) is 0.208. The van der Waals surface area contributed by atoms with Gasteiger partial charge in [-0.25, -0.2) is 14.4 Å². The molecule has 1 aromatic heterocycles. The van der Waals surface area contributed by atoms with Gasteiger partial charge in [0.1, 0.15) is 17.2 Å². The summed E-state index contributed by atoms with van der Waals surface area (Å²) in [6.45, 7) is 4.15. The maximum absolute atomic E-state index is 12.7. The minimum atomic E-state index is -1.20. The molecule has 0 unspecified atom stereocenters. The fraction of sp³-hybridized carbons (Fsp3) is 0.321. The highest BCUT2D eigenvalue weighted by atomic mass is 32.1. The minimum Gasteiger partial charge on any atom is -0.493 e. The topological polar surface area (TPSA) is 169 Å². The van der Waals surface area contributed by atoms with E-state index in [1.165, 1.54) is 12.1 Å². The van der Waals surface area contributed by atoms with E-state index in [-0.39, 0.29) is 34.0 Å². The number of thiophene rings is 1. The number of rotatable bonds is 10. The number of benzene rings is 2. The number of piperidine rings is 1. The van der Waals surface area contributed by atoms with Gasteiger partial charge in [-0.05, 0) is 61.9 Å². The molecule has 0 atom stereocenters. The maximum atomic E-state index is 12.7. The van der Waals surface area contributed by atoms with E-state index in [9.17, 15) is 29.6 Å². The largest absolute Gasteiger partial charge is 0.493 e. The van der Waals surface area contributed by atoms with Gasteiger partial charge >= 0.3 is 18.0 Å². The van der Waals surface area contributed by atoms with Crippen LogP contribution in [-0.2, 0) is 4.79 Å². The summed E-state index contributed by atoms with van der Waals surface area (Å²) < 4.78 is 11.3. The Morgan fingerprint density at radius 1 is 1.10 bits per heavy atom. The third-order valence-corrected chi connectivity index (χ3v) is 8.01. The van der Waals surface area contributed by atoms with Crippen molar-refractivity contribution in [1.29, 1.82) is 0 Å². The van der Waals surface area contributed by atoms with Crippen molar-refractivity contribution in [3.8, 4) is 21.9 Å². The molecule has 0 saturated carbocycles. The van der Waals surface area contributed by atoms with E-state index >= 15 is 0 Å². The molecule has 1 aliphatic rings. The van der Waals surface area contributed by atoms with Gasteiger partial charge in [0.2, 0.25) is 0 Å². The van der Waals surface area contributed by atoms with E-state index < -0.39 is 23.5 Å². The Morgan fingerprint density at radius 2 is 1.83 bits per heavy atom. The summed E-state index contributed by atoms with van der Waals surface area (Å²) in [5.74, 6) is -1.58. The Labute approximate surface area is 239 Å². The van der Waals surface area contributed by atoms with Gasteiger partial charge in [0.25, 0.3) is 5.69 Å². The smallest absolute Gasteiger partial charge is 0.349 e. The molecule has 2 amide bonds. The lowest BCUT2D eigenvalue weighted by atomic mass is 9.98. The average molecular weight is 584 g/mol. The summed E-state index contributed by atoms with van der Waals surface area (Å²) in [6.07, 6.45) is 1.39. The molecular weight excluding hydrogens is 554 g/mol. The third-order valence-electron chi connectivity index (χ3n) is 6.70. The number of carbonyl (C=O) groups excluding carboxylic acids is 1. The lowest BCUT2D eigenvalue weighted by molar-refractivity contribution is -0.384. The Bertz CT molecular complexity index is 1480. The Balaban J connectivity index is 1.35. The summed E-state index contributed by atoms with van der Waals surface area (Å²) in [5, 5.41) is 32.5. The van der Waals surface area contributed by atoms with E-state index in [4.69, 9.17) is 14.6 Å². The van der Waals surface area contributed by atoms with E-state index in [0.717, 1.165) is 22.5 Å². The minimum absolute atomic E-state index is 0.0407. The molecule has 12 nitrogen and oxygen atoms in total.